The van der Waals surface area contributed by atoms with E-state index < -0.39 is 11.2 Å². The minimum absolute atomic E-state index is 0. The molecule has 0 aromatic carbocycles. The van der Waals surface area contributed by atoms with E-state index in [1.807, 2.05) is 21.1 Å². The van der Waals surface area contributed by atoms with Crippen LogP contribution in [0.2, 0.25) is 0 Å². The number of halogens is 1. The van der Waals surface area contributed by atoms with E-state index in [0.29, 0.717) is 6.54 Å². The van der Waals surface area contributed by atoms with Gasteiger partial charge >= 0.3 is 5.69 Å². The maximum Gasteiger partial charge on any atom is 0.330 e. The largest absolute Gasteiger partial charge is 1.00 e. The number of aromatic amines is 1. The molecule has 1 heterocycles. The number of hydrogen-bond donors (Lipinski definition) is 2. The molecule has 0 aliphatic heterocycles. The number of nitrogens with zero attached hydrogens (tertiary/aromatic N) is 3. The van der Waals surface area contributed by atoms with Gasteiger partial charge in [0.25, 0.3) is 5.56 Å². The predicted octanol–water partition coefficient (Wildman–Crippen LogP) is -4.09. The fourth-order valence-corrected chi connectivity index (χ4v) is 1.26. The Kier molecular flexibility index (Phi) is 6.43. The van der Waals surface area contributed by atoms with Crippen LogP contribution in [-0.4, -0.2) is 59.6 Å². The second kappa shape index (κ2) is 6.85. The highest BCUT2D eigenvalue weighted by Gasteiger charge is 2.09. The Hall–Kier alpha value is -1.16. The molecule has 0 spiro atoms. The molecule has 0 bridgehead atoms. The summed E-state index contributed by atoms with van der Waals surface area (Å²) in [5, 5.41) is 9.67. The Morgan fingerprint density at radius 1 is 1.37 bits per heavy atom. The first-order valence-electron chi connectivity index (χ1n) is 5.55. The quantitative estimate of drug-likeness (QED) is 0.316. The summed E-state index contributed by atoms with van der Waals surface area (Å²) < 4.78 is 1.72. The Morgan fingerprint density at radius 3 is 2.47 bits per heavy atom. The molecule has 0 fully saturated rings. The van der Waals surface area contributed by atoms with Crippen LogP contribution < -0.4 is 35.2 Å². The smallest absolute Gasteiger partial charge is 0.330 e. The van der Waals surface area contributed by atoms with Crippen LogP contribution in [0.5, 0.6) is 5.88 Å². The topological polar surface area (TPSA) is 87.4 Å². The predicted molar refractivity (Wildman–Crippen MR) is 69.3 cm³/mol. The van der Waals surface area contributed by atoms with Gasteiger partial charge in [0, 0.05) is 13.3 Å². The van der Waals surface area contributed by atoms with E-state index in [-0.39, 0.29) is 35.4 Å². The molecule has 0 atom stereocenters. The van der Waals surface area contributed by atoms with E-state index >= 15 is 0 Å². The normalized spacial score (nSPS) is 11.6. The third-order valence-corrected chi connectivity index (χ3v) is 2.45. The zero-order valence-electron chi connectivity index (χ0n) is 11.5. The fourth-order valence-electron chi connectivity index (χ4n) is 1.26. The van der Waals surface area contributed by atoms with Gasteiger partial charge in [-0.15, -0.1) is 0 Å². The van der Waals surface area contributed by atoms with E-state index in [9.17, 15) is 14.7 Å². The minimum atomic E-state index is -0.652. The molecule has 0 radical (unpaired) electrons. The number of H-pyrrole nitrogens is 1. The van der Waals surface area contributed by atoms with Crippen LogP contribution in [0.25, 0.3) is 0 Å². The van der Waals surface area contributed by atoms with Crippen molar-refractivity contribution in [1.29, 1.82) is 0 Å². The van der Waals surface area contributed by atoms with Gasteiger partial charge in [0.2, 0.25) is 5.88 Å². The van der Waals surface area contributed by atoms with E-state index in [0.717, 1.165) is 15.6 Å². The van der Waals surface area contributed by atoms with E-state index in [1.165, 1.54) is 13.3 Å². The summed E-state index contributed by atoms with van der Waals surface area (Å²) in [6.45, 7) is 1.34. The maximum atomic E-state index is 11.5. The summed E-state index contributed by atoms with van der Waals surface area (Å²) >= 11 is 0. The zero-order chi connectivity index (χ0) is 13.9. The van der Waals surface area contributed by atoms with Gasteiger partial charge in [-0.25, -0.2) is 4.79 Å². The lowest BCUT2D eigenvalue weighted by Gasteiger charge is -2.22. The van der Waals surface area contributed by atoms with Crippen LogP contribution >= 0.6 is 0 Å². The highest BCUT2D eigenvalue weighted by atomic mass is 127. The maximum absolute atomic E-state index is 11.5. The summed E-state index contributed by atoms with van der Waals surface area (Å²) in [5.74, 6) is -0.377. The molecule has 0 saturated carbocycles. The van der Waals surface area contributed by atoms with Gasteiger partial charge in [-0.1, -0.05) is 0 Å². The van der Waals surface area contributed by atoms with Crippen LogP contribution in [0.4, 0.5) is 0 Å². The lowest BCUT2D eigenvalue weighted by atomic mass is 10.3. The van der Waals surface area contributed by atoms with Crippen LogP contribution in [0, 0.1) is 0 Å². The van der Waals surface area contributed by atoms with Crippen LogP contribution in [0.3, 0.4) is 0 Å². The van der Waals surface area contributed by atoms with Gasteiger partial charge in [-0.05, 0) is 0 Å². The molecule has 0 saturated heterocycles. The van der Waals surface area contributed by atoms with Gasteiger partial charge in [0.1, 0.15) is 5.56 Å². The second-order valence-corrected chi connectivity index (χ2v) is 5.10. The number of aliphatic imine (C=N–C) groups is 1. The lowest BCUT2D eigenvalue weighted by Crippen LogP contribution is -3.00. The van der Waals surface area contributed by atoms with E-state index in [1.54, 1.807) is 0 Å². The average Bonchev–Trinajstić information content (AvgIpc) is 2.23. The molecule has 8 heteroatoms. The average molecular weight is 382 g/mol. The van der Waals surface area contributed by atoms with Crippen molar-refractivity contribution in [2.45, 2.75) is 0 Å². The van der Waals surface area contributed by atoms with E-state index in [2.05, 4.69) is 9.98 Å². The molecule has 2 N–H and O–H groups in total. The summed E-state index contributed by atoms with van der Waals surface area (Å²) in [5.41, 5.74) is -1.29. The summed E-state index contributed by atoms with van der Waals surface area (Å²) in [4.78, 5) is 28.8. The number of rotatable bonds is 4. The van der Waals surface area contributed by atoms with Crippen molar-refractivity contribution in [1.82, 2.24) is 9.55 Å². The summed E-state index contributed by atoms with van der Waals surface area (Å²) in [6.07, 6.45) is 1.29. The Labute approximate surface area is 128 Å². The van der Waals surface area contributed by atoms with Gasteiger partial charge in [-0.3, -0.25) is 19.3 Å². The Balaban J connectivity index is 0.00000324. The van der Waals surface area contributed by atoms with Crippen molar-refractivity contribution in [3.8, 4) is 5.88 Å². The van der Waals surface area contributed by atoms with Crippen LogP contribution in [-0.2, 0) is 7.05 Å². The fraction of sp³-hybridized carbons (Fsp3) is 0.545. The molecule has 108 valence electrons. The highest BCUT2D eigenvalue weighted by Crippen LogP contribution is 2.04. The second-order valence-electron chi connectivity index (χ2n) is 5.10. The lowest BCUT2D eigenvalue weighted by molar-refractivity contribution is -0.868. The molecule has 1 rings (SSSR count). The number of aromatic hydroxyl groups is 1. The molecule has 7 nitrogen and oxygen atoms in total. The number of aromatic nitrogens is 2. The number of quaternary nitrogens is 1. The van der Waals surface area contributed by atoms with Crippen LogP contribution in [0.1, 0.15) is 5.56 Å². The standard InChI is InChI=1S/C11H18N4O3.HI/c1-14-10(17)8(9(16)13-11(14)18)7-12-5-6-15(2,3)4;/h7H,5-6H2,1-4H3,(H-,12,13,16,17,18);1H. The molecule has 1 aromatic rings. The molecule has 0 amide bonds. The monoisotopic (exact) mass is 382 g/mol. The molecule has 0 aliphatic rings. The number of nitrogens with one attached hydrogen (secondary N) is 1. The third-order valence-electron chi connectivity index (χ3n) is 2.45. The van der Waals surface area contributed by atoms with Gasteiger partial charge in [-0.2, -0.15) is 0 Å². The van der Waals surface area contributed by atoms with Gasteiger partial charge < -0.3 is 33.6 Å². The van der Waals surface area contributed by atoms with E-state index in [4.69, 9.17) is 0 Å². The van der Waals surface area contributed by atoms with Crippen molar-refractivity contribution in [2.24, 2.45) is 12.0 Å². The molecular weight excluding hydrogens is 363 g/mol. The summed E-state index contributed by atoms with van der Waals surface area (Å²) in [7, 11) is 7.47. The van der Waals surface area contributed by atoms with Gasteiger partial charge in [0.15, 0.2) is 0 Å². The number of likely N-dealkylation sites (N-methyl/N-ethyl adjacent to an activating group) is 1. The number of hydrogen-bond acceptors (Lipinski definition) is 4. The van der Waals surface area contributed by atoms with Crippen molar-refractivity contribution in [3.05, 3.63) is 26.4 Å². The van der Waals surface area contributed by atoms with Crippen molar-refractivity contribution < 1.29 is 33.6 Å². The molecule has 0 unspecified atom stereocenters. The molecular formula is C11H19IN4O3. The molecule has 1 aromatic heterocycles. The first-order valence-corrected chi connectivity index (χ1v) is 5.55. The highest BCUT2D eigenvalue weighted by molar-refractivity contribution is 5.81. The summed E-state index contributed by atoms with van der Waals surface area (Å²) in [6, 6.07) is 0. The van der Waals surface area contributed by atoms with Crippen molar-refractivity contribution in [3.63, 3.8) is 0 Å². The first kappa shape index (κ1) is 17.8. The molecule has 19 heavy (non-hydrogen) atoms. The van der Waals surface area contributed by atoms with Crippen molar-refractivity contribution in [2.75, 3.05) is 34.2 Å². The van der Waals surface area contributed by atoms with Crippen LogP contribution in [0.15, 0.2) is 14.6 Å². The first-order chi connectivity index (χ1) is 8.22. The van der Waals surface area contributed by atoms with Crippen molar-refractivity contribution >= 4 is 6.21 Å². The van der Waals surface area contributed by atoms with Gasteiger partial charge in [0.05, 0.1) is 34.2 Å². The molecule has 0 aliphatic carbocycles. The SMILES string of the molecule is Cn1c(O)c(C=NCC[N+](C)(C)C)c(=O)[nH]c1=O.[I-]. The Morgan fingerprint density at radius 2 is 1.95 bits per heavy atom. The third kappa shape index (κ3) is 5.15. The zero-order valence-corrected chi connectivity index (χ0v) is 13.6. The Bertz CT molecular complexity index is 569. The minimum Gasteiger partial charge on any atom is -1.00 e.